The van der Waals surface area contributed by atoms with Gasteiger partial charge in [0, 0.05) is 31.2 Å². The number of anilines is 1. The first-order valence-corrected chi connectivity index (χ1v) is 12.7. The molecule has 0 saturated heterocycles. The molecule has 0 bridgehead atoms. The summed E-state index contributed by atoms with van der Waals surface area (Å²) in [6, 6.07) is 20.1. The Bertz CT molecular complexity index is 966. The highest BCUT2D eigenvalue weighted by molar-refractivity contribution is 7.88. The predicted octanol–water partition coefficient (Wildman–Crippen LogP) is 5.17. The Morgan fingerprint density at radius 2 is 1.77 bits per heavy atom. The Labute approximate surface area is 187 Å². The summed E-state index contributed by atoms with van der Waals surface area (Å²) in [5.74, 6) is 0.766. The van der Waals surface area contributed by atoms with Gasteiger partial charge in [-0.15, -0.1) is 0 Å². The summed E-state index contributed by atoms with van der Waals surface area (Å²) in [5, 5.41) is 12.4. The summed E-state index contributed by atoms with van der Waals surface area (Å²) in [5.41, 5.74) is 2.84. The van der Waals surface area contributed by atoms with Crippen LogP contribution in [0.25, 0.3) is 0 Å². The minimum Gasteiger partial charge on any atom is -0.382 e. The van der Waals surface area contributed by atoms with Gasteiger partial charge in [0.2, 0.25) is 10.0 Å². The first kappa shape index (κ1) is 23.3. The molecule has 2 aromatic carbocycles. The van der Waals surface area contributed by atoms with Crippen molar-refractivity contribution in [2.75, 3.05) is 11.9 Å². The van der Waals surface area contributed by atoms with Crippen molar-refractivity contribution < 1.29 is 8.42 Å². The van der Waals surface area contributed by atoms with Crippen molar-refractivity contribution in [1.82, 2.24) is 4.31 Å². The van der Waals surface area contributed by atoms with E-state index in [0.29, 0.717) is 31.5 Å². The zero-order chi connectivity index (χ0) is 22.3. The number of hydrogen-bond donors (Lipinski definition) is 1. The van der Waals surface area contributed by atoms with E-state index >= 15 is 0 Å². The van der Waals surface area contributed by atoms with Crippen LogP contribution in [0.1, 0.15) is 50.7 Å². The average molecular weight is 440 g/mol. The molecule has 0 spiro atoms. The van der Waals surface area contributed by atoms with E-state index in [9.17, 15) is 8.42 Å². The number of rotatable bonds is 10. The predicted molar refractivity (Wildman–Crippen MR) is 126 cm³/mol. The minimum absolute atomic E-state index is 0.0196. The Morgan fingerprint density at radius 1 is 1.06 bits per heavy atom. The van der Waals surface area contributed by atoms with Crippen molar-refractivity contribution in [3.05, 3.63) is 65.7 Å². The van der Waals surface area contributed by atoms with Gasteiger partial charge in [-0.25, -0.2) is 8.42 Å². The van der Waals surface area contributed by atoms with Crippen molar-refractivity contribution >= 4 is 15.7 Å². The lowest BCUT2D eigenvalue weighted by molar-refractivity contribution is 0.361. The van der Waals surface area contributed by atoms with E-state index in [-0.39, 0.29) is 11.7 Å². The standard InChI is InChI=1S/C25H33N3O2S/c1-20(2)17-28(31(29,30)19-23-6-4-3-5-7-23)18-22-9-11-24(12-10-22)27-25-13-8-21(16-25)14-15-26/h3-7,9-12,20-21,25,27H,8,13-14,16-19H2,1-2H3. The van der Waals surface area contributed by atoms with Crippen molar-refractivity contribution in [3.8, 4) is 6.07 Å². The summed E-state index contributed by atoms with van der Waals surface area (Å²) in [7, 11) is -3.42. The molecule has 1 N–H and O–H groups in total. The summed E-state index contributed by atoms with van der Waals surface area (Å²) in [4.78, 5) is 0. The van der Waals surface area contributed by atoms with E-state index in [0.717, 1.165) is 36.1 Å². The third-order valence-corrected chi connectivity index (χ3v) is 7.52. The van der Waals surface area contributed by atoms with Gasteiger partial charge in [0.15, 0.2) is 0 Å². The molecule has 166 valence electrons. The highest BCUT2D eigenvalue weighted by Gasteiger charge is 2.25. The van der Waals surface area contributed by atoms with Crippen molar-refractivity contribution in [3.63, 3.8) is 0 Å². The minimum atomic E-state index is -3.42. The van der Waals surface area contributed by atoms with E-state index in [1.54, 1.807) is 4.31 Å². The third-order valence-electron chi connectivity index (χ3n) is 5.76. The molecular formula is C25H33N3O2S. The fourth-order valence-electron chi connectivity index (χ4n) is 4.23. The van der Waals surface area contributed by atoms with Crippen molar-refractivity contribution in [1.29, 1.82) is 5.26 Å². The van der Waals surface area contributed by atoms with Gasteiger partial charge in [0.25, 0.3) is 0 Å². The number of nitriles is 1. The van der Waals surface area contributed by atoms with Gasteiger partial charge in [-0.1, -0.05) is 56.3 Å². The highest BCUT2D eigenvalue weighted by Crippen LogP contribution is 2.30. The summed E-state index contributed by atoms with van der Waals surface area (Å²) < 4.78 is 27.8. The quantitative estimate of drug-likeness (QED) is 0.554. The lowest BCUT2D eigenvalue weighted by Crippen LogP contribution is -2.34. The molecule has 2 atom stereocenters. The van der Waals surface area contributed by atoms with Gasteiger partial charge < -0.3 is 5.32 Å². The first-order valence-electron chi connectivity index (χ1n) is 11.1. The van der Waals surface area contributed by atoms with Crippen LogP contribution in [0.5, 0.6) is 0 Å². The lowest BCUT2D eigenvalue weighted by Gasteiger charge is -2.24. The van der Waals surface area contributed by atoms with Crippen LogP contribution in [0, 0.1) is 23.2 Å². The maximum absolute atomic E-state index is 13.1. The lowest BCUT2D eigenvalue weighted by atomic mass is 10.1. The summed E-state index contributed by atoms with van der Waals surface area (Å²) in [6.45, 7) is 4.96. The zero-order valence-corrected chi connectivity index (χ0v) is 19.3. The maximum Gasteiger partial charge on any atom is 0.218 e. The van der Waals surface area contributed by atoms with Crippen LogP contribution < -0.4 is 5.32 Å². The van der Waals surface area contributed by atoms with E-state index < -0.39 is 10.0 Å². The van der Waals surface area contributed by atoms with Crippen LogP contribution in [-0.2, 0) is 22.3 Å². The van der Waals surface area contributed by atoms with Gasteiger partial charge in [-0.05, 0) is 54.4 Å². The second-order valence-corrected chi connectivity index (χ2v) is 11.0. The number of nitrogens with zero attached hydrogens (tertiary/aromatic N) is 2. The van der Waals surface area contributed by atoms with E-state index in [4.69, 9.17) is 5.26 Å². The molecule has 1 fully saturated rings. The van der Waals surface area contributed by atoms with Crippen LogP contribution in [0.15, 0.2) is 54.6 Å². The van der Waals surface area contributed by atoms with Gasteiger partial charge in [-0.3, -0.25) is 0 Å². The third kappa shape index (κ3) is 7.09. The van der Waals surface area contributed by atoms with Crippen LogP contribution in [0.4, 0.5) is 5.69 Å². The maximum atomic E-state index is 13.1. The van der Waals surface area contributed by atoms with Crippen LogP contribution in [0.2, 0.25) is 0 Å². The fraction of sp³-hybridized carbons (Fsp3) is 0.480. The molecule has 0 radical (unpaired) electrons. The molecule has 31 heavy (non-hydrogen) atoms. The normalized spacial score (nSPS) is 18.9. The number of sulfonamides is 1. The van der Waals surface area contributed by atoms with E-state index in [1.165, 1.54) is 0 Å². The second kappa shape index (κ2) is 10.8. The van der Waals surface area contributed by atoms with E-state index in [2.05, 4.69) is 11.4 Å². The topological polar surface area (TPSA) is 73.2 Å². The molecule has 0 amide bonds. The molecule has 3 rings (SSSR count). The monoisotopic (exact) mass is 439 g/mol. The zero-order valence-electron chi connectivity index (χ0n) is 18.5. The second-order valence-electron chi connectivity index (χ2n) is 9.01. The molecule has 1 aliphatic carbocycles. The largest absolute Gasteiger partial charge is 0.382 e. The molecule has 1 aliphatic rings. The first-order chi connectivity index (χ1) is 14.9. The summed E-state index contributed by atoms with van der Waals surface area (Å²) >= 11 is 0. The number of nitrogens with one attached hydrogen (secondary N) is 1. The van der Waals surface area contributed by atoms with Crippen LogP contribution in [-0.4, -0.2) is 25.3 Å². The van der Waals surface area contributed by atoms with Gasteiger partial charge in [0.1, 0.15) is 0 Å². The smallest absolute Gasteiger partial charge is 0.218 e. The van der Waals surface area contributed by atoms with Crippen LogP contribution in [0.3, 0.4) is 0 Å². The van der Waals surface area contributed by atoms with Crippen molar-refractivity contribution in [2.24, 2.45) is 11.8 Å². The molecule has 1 saturated carbocycles. The molecule has 5 nitrogen and oxygen atoms in total. The molecule has 0 heterocycles. The fourth-order valence-corrected chi connectivity index (χ4v) is 5.89. The summed E-state index contributed by atoms with van der Waals surface area (Å²) in [6.07, 6.45) is 3.87. The molecular weight excluding hydrogens is 406 g/mol. The molecule has 0 aromatic heterocycles. The molecule has 2 unspecified atom stereocenters. The number of hydrogen-bond acceptors (Lipinski definition) is 4. The molecule has 0 aliphatic heterocycles. The Balaban J connectivity index is 1.64. The Hall–Kier alpha value is -2.36. The molecule has 6 heteroatoms. The SMILES string of the molecule is CC(C)CN(Cc1ccc(NC2CCC(CC#N)C2)cc1)S(=O)(=O)Cc1ccccc1. The Kier molecular flexibility index (Phi) is 8.11. The van der Waals surface area contributed by atoms with Crippen molar-refractivity contribution in [2.45, 2.75) is 57.9 Å². The highest BCUT2D eigenvalue weighted by atomic mass is 32.2. The van der Waals surface area contributed by atoms with Crippen LogP contribution >= 0.6 is 0 Å². The Morgan fingerprint density at radius 3 is 2.42 bits per heavy atom. The average Bonchev–Trinajstić information content (AvgIpc) is 3.16. The van der Waals surface area contributed by atoms with Gasteiger partial charge >= 0.3 is 0 Å². The van der Waals surface area contributed by atoms with Gasteiger partial charge in [0.05, 0.1) is 11.8 Å². The number of benzene rings is 2. The van der Waals surface area contributed by atoms with E-state index in [1.807, 2.05) is 68.4 Å². The molecule has 2 aromatic rings. The van der Waals surface area contributed by atoms with Gasteiger partial charge in [-0.2, -0.15) is 9.57 Å².